The Hall–Kier alpha value is -1.34. The van der Waals surface area contributed by atoms with E-state index < -0.39 is 0 Å². The average Bonchev–Trinajstić information content (AvgIpc) is 2.38. The van der Waals surface area contributed by atoms with Crippen LogP contribution < -0.4 is 0 Å². The van der Waals surface area contributed by atoms with Crippen LogP contribution in [0.25, 0.3) is 21.5 Å². The molecule has 1 heteroatoms. The van der Waals surface area contributed by atoms with Gasteiger partial charge in [-0.1, -0.05) is 69.3 Å². The first kappa shape index (κ1) is 12.7. The summed E-state index contributed by atoms with van der Waals surface area (Å²) in [6, 6.07) is 17.3. The number of benzene rings is 3. The highest BCUT2D eigenvalue weighted by Gasteiger charge is 2.21. The molecule has 0 aliphatic rings. The number of fused-ring (bicyclic) bond motifs is 2. The predicted molar refractivity (Wildman–Crippen MR) is 87.9 cm³/mol. The summed E-state index contributed by atoms with van der Waals surface area (Å²) in [5.41, 5.74) is 1.56. The third-order valence-electron chi connectivity index (χ3n) is 3.62. The fourth-order valence-electron chi connectivity index (χ4n) is 2.88. The van der Waals surface area contributed by atoms with Gasteiger partial charge in [-0.05, 0) is 48.5 Å². The fourth-order valence-corrected chi connectivity index (χ4v) is 3.57. The molecule has 0 amide bonds. The number of halogens is 1. The van der Waals surface area contributed by atoms with Crippen molar-refractivity contribution in [2.75, 3.05) is 0 Å². The summed E-state index contributed by atoms with van der Waals surface area (Å²) in [7, 11) is 0. The smallest absolute Gasteiger partial charge is 0.0332 e. The van der Waals surface area contributed by atoms with Crippen LogP contribution in [0.2, 0.25) is 0 Å². The summed E-state index contributed by atoms with van der Waals surface area (Å²) in [5.74, 6) is 0. The molecular weight excluding hydrogens is 296 g/mol. The average molecular weight is 313 g/mol. The second-order valence-electron chi connectivity index (χ2n) is 6.03. The summed E-state index contributed by atoms with van der Waals surface area (Å²) in [4.78, 5) is 0. The van der Waals surface area contributed by atoms with Gasteiger partial charge in [0.25, 0.3) is 0 Å². The maximum absolute atomic E-state index is 3.78. The Kier molecular flexibility index (Phi) is 2.90. The molecule has 0 radical (unpaired) electrons. The molecular formula is C18H17Br. The van der Waals surface area contributed by atoms with Crippen molar-refractivity contribution >= 4 is 37.5 Å². The highest BCUT2D eigenvalue weighted by molar-refractivity contribution is 9.10. The molecule has 96 valence electrons. The molecule has 0 aliphatic carbocycles. The SMILES string of the molecule is CC(C)(C)c1c2ccccc2c(Br)c2ccccc12. The van der Waals surface area contributed by atoms with Gasteiger partial charge in [-0.2, -0.15) is 0 Å². The zero-order valence-electron chi connectivity index (χ0n) is 11.5. The van der Waals surface area contributed by atoms with Crippen molar-refractivity contribution in [2.45, 2.75) is 26.2 Å². The second-order valence-corrected chi connectivity index (χ2v) is 6.82. The highest BCUT2D eigenvalue weighted by Crippen LogP contribution is 2.41. The minimum Gasteiger partial charge on any atom is -0.0616 e. The third kappa shape index (κ3) is 1.97. The zero-order chi connectivity index (χ0) is 13.6. The van der Waals surface area contributed by atoms with Gasteiger partial charge in [0.1, 0.15) is 0 Å². The van der Waals surface area contributed by atoms with Gasteiger partial charge in [-0.15, -0.1) is 0 Å². The number of hydrogen-bond acceptors (Lipinski definition) is 0. The van der Waals surface area contributed by atoms with Crippen LogP contribution in [0.4, 0.5) is 0 Å². The van der Waals surface area contributed by atoms with E-state index in [1.165, 1.54) is 31.6 Å². The maximum Gasteiger partial charge on any atom is 0.0332 e. The van der Waals surface area contributed by atoms with Crippen LogP contribution in [0.15, 0.2) is 53.0 Å². The van der Waals surface area contributed by atoms with E-state index in [0.29, 0.717) is 0 Å². The van der Waals surface area contributed by atoms with Crippen LogP contribution in [0.1, 0.15) is 26.3 Å². The fraction of sp³-hybridized carbons (Fsp3) is 0.222. The summed E-state index contributed by atoms with van der Waals surface area (Å²) in [5, 5.41) is 5.29. The molecule has 0 heterocycles. The van der Waals surface area contributed by atoms with Crippen LogP contribution in [-0.4, -0.2) is 0 Å². The molecule has 0 bridgehead atoms. The summed E-state index contributed by atoms with van der Waals surface area (Å²) >= 11 is 3.78. The van der Waals surface area contributed by atoms with Gasteiger partial charge in [0.2, 0.25) is 0 Å². The first-order chi connectivity index (χ1) is 9.00. The summed E-state index contributed by atoms with van der Waals surface area (Å²) in [6.45, 7) is 6.86. The molecule has 0 atom stereocenters. The molecule has 3 aromatic carbocycles. The van der Waals surface area contributed by atoms with E-state index in [1.54, 1.807) is 0 Å². The first-order valence-electron chi connectivity index (χ1n) is 6.59. The van der Waals surface area contributed by atoms with Gasteiger partial charge in [0.15, 0.2) is 0 Å². The van der Waals surface area contributed by atoms with Crippen molar-refractivity contribution in [3.05, 3.63) is 58.6 Å². The van der Waals surface area contributed by atoms with Gasteiger partial charge in [0.05, 0.1) is 0 Å². The van der Waals surface area contributed by atoms with E-state index >= 15 is 0 Å². The molecule has 0 N–H and O–H groups in total. The van der Waals surface area contributed by atoms with Gasteiger partial charge >= 0.3 is 0 Å². The Bertz CT molecular complexity index is 707. The minimum absolute atomic E-state index is 0.125. The Morgan fingerprint density at radius 2 is 1.05 bits per heavy atom. The van der Waals surface area contributed by atoms with Gasteiger partial charge < -0.3 is 0 Å². The van der Waals surface area contributed by atoms with E-state index in [1.807, 2.05) is 0 Å². The minimum atomic E-state index is 0.125. The van der Waals surface area contributed by atoms with Crippen molar-refractivity contribution in [2.24, 2.45) is 0 Å². The third-order valence-corrected chi connectivity index (χ3v) is 4.47. The van der Waals surface area contributed by atoms with Gasteiger partial charge in [-0.3, -0.25) is 0 Å². The molecule has 0 saturated carbocycles. The van der Waals surface area contributed by atoms with Crippen molar-refractivity contribution in [3.8, 4) is 0 Å². The lowest BCUT2D eigenvalue weighted by atomic mass is 9.80. The predicted octanol–water partition coefficient (Wildman–Crippen LogP) is 6.05. The Labute approximate surface area is 122 Å². The molecule has 19 heavy (non-hydrogen) atoms. The van der Waals surface area contributed by atoms with Crippen LogP contribution in [0.5, 0.6) is 0 Å². The van der Waals surface area contributed by atoms with Crippen molar-refractivity contribution in [1.82, 2.24) is 0 Å². The lowest BCUT2D eigenvalue weighted by Gasteiger charge is -2.25. The lowest BCUT2D eigenvalue weighted by Crippen LogP contribution is -2.12. The molecule has 0 unspecified atom stereocenters. The van der Waals surface area contributed by atoms with Gasteiger partial charge in [-0.25, -0.2) is 0 Å². The van der Waals surface area contributed by atoms with Gasteiger partial charge in [0, 0.05) is 4.47 Å². The number of rotatable bonds is 0. The topological polar surface area (TPSA) is 0 Å². The van der Waals surface area contributed by atoms with E-state index in [0.717, 1.165) is 0 Å². The normalized spacial score (nSPS) is 12.2. The lowest BCUT2D eigenvalue weighted by molar-refractivity contribution is 0.601. The molecule has 3 rings (SSSR count). The largest absolute Gasteiger partial charge is 0.0616 e. The first-order valence-corrected chi connectivity index (χ1v) is 7.39. The quantitative estimate of drug-likeness (QED) is 0.443. The van der Waals surface area contributed by atoms with Crippen LogP contribution >= 0.6 is 15.9 Å². The molecule has 3 aromatic rings. The van der Waals surface area contributed by atoms with E-state index in [4.69, 9.17) is 0 Å². The Morgan fingerprint density at radius 1 is 0.684 bits per heavy atom. The maximum atomic E-state index is 3.78. The van der Waals surface area contributed by atoms with Crippen LogP contribution in [0, 0.1) is 0 Å². The van der Waals surface area contributed by atoms with E-state index in [9.17, 15) is 0 Å². The zero-order valence-corrected chi connectivity index (χ0v) is 13.1. The van der Waals surface area contributed by atoms with Crippen LogP contribution in [-0.2, 0) is 5.41 Å². The summed E-state index contributed by atoms with van der Waals surface area (Å²) in [6.07, 6.45) is 0. The molecule has 0 aliphatic heterocycles. The van der Waals surface area contributed by atoms with E-state index in [2.05, 4.69) is 85.2 Å². The Balaban J connectivity index is 2.65. The van der Waals surface area contributed by atoms with Crippen molar-refractivity contribution in [1.29, 1.82) is 0 Å². The summed E-state index contributed by atoms with van der Waals surface area (Å²) < 4.78 is 1.20. The number of hydrogen-bond donors (Lipinski definition) is 0. The van der Waals surface area contributed by atoms with E-state index in [-0.39, 0.29) is 5.41 Å². The molecule has 0 fully saturated rings. The second kappa shape index (κ2) is 4.35. The monoisotopic (exact) mass is 312 g/mol. The standard InChI is InChI=1S/C18H17Br/c1-18(2,3)16-12-8-4-6-10-14(12)17(19)15-11-7-5-9-13(15)16/h4-11H,1-3H3. The van der Waals surface area contributed by atoms with Crippen molar-refractivity contribution in [3.63, 3.8) is 0 Å². The molecule has 0 aromatic heterocycles. The van der Waals surface area contributed by atoms with Crippen molar-refractivity contribution < 1.29 is 0 Å². The molecule has 0 nitrogen and oxygen atoms in total. The molecule has 0 spiro atoms. The Morgan fingerprint density at radius 3 is 1.42 bits per heavy atom. The van der Waals surface area contributed by atoms with Crippen LogP contribution in [0.3, 0.4) is 0 Å². The highest BCUT2D eigenvalue weighted by atomic mass is 79.9. The molecule has 0 saturated heterocycles.